The van der Waals surface area contributed by atoms with Gasteiger partial charge in [0.1, 0.15) is 5.69 Å². The summed E-state index contributed by atoms with van der Waals surface area (Å²) in [6.07, 6.45) is 0. The minimum Gasteiger partial charge on any atom is -0.336 e. The van der Waals surface area contributed by atoms with Gasteiger partial charge in [0, 0.05) is 18.3 Å². The van der Waals surface area contributed by atoms with Gasteiger partial charge in [-0.1, -0.05) is 6.07 Å². The normalized spacial score (nSPS) is 10.7. The summed E-state index contributed by atoms with van der Waals surface area (Å²) in [5.41, 5.74) is 4.30. The molecule has 0 atom stereocenters. The van der Waals surface area contributed by atoms with Gasteiger partial charge in [-0.05, 0) is 57.0 Å². The van der Waals surface area contributed by atoms with Crippen LogP contribution in [0.15, 0.2) is 35.1 Å². The lowest BCUT2D eigenvalue weighted by atomic mass is 10.1. The second kappa shape index (κ2) is 8.35. The smallest absolute Gasteiger partial charge is 0.319 e. The van der Waals surface area contributed by atoms with Crippen molar-refractivity contribution in [2.24, 2.45) is 0 Å². The lowest BCUT2D eigenvalue weighted by molar-refractivity contribution is 0.251. The molecule has 0 aliphatic carbocycles. The van der Waals surface area contributed by atoms with E-state index < -0.39 is 0 Å². The first-order valence-electron chi connectivity index (χ1n) is 8.97. The number of benzene rings is 1. The fraction of sp³-hybridized carbons (Fsp3) is 0.300. The highest BCUT2D eigenvalue weighted by atomic mass is 32.1. The molecule has 0 aliphatic rings. The van der Waals surface area contributed by atoms with Gasteiger partial charge in [0.25, 0.3) is 5.56 Å². The van der Waals surface area contributed by atoms with E-state index in [0.29, 0.717) is 5.69 Å². The van der Waals surface area contributed by atoms with E-state index in [1.165, 1.54) is 10.7 Å². The number of aryl methyl sites for hydroxylation is 4. The van der Waals surface area contributed by atoms with Gasteiger partial charge >= 0.3 is 6.03 Å². The highest BCUT2D eigenvalue weighted by molar-refractivity contribution is 7.15. The number of aromatic nitrogens is 3. The molecular weight excluding hydrogens is 374 g/mol. The second-order valence-corrected chi connectivity index (χ2v) is 7.89. The second-order valence-electron chi connectivity index (χ2n) is 6.68. The van der Waals surface area contributed by atoms with Crippen LogP contribution >= 0.6 is 11.3 Å². The molecule has 0 radical (unpaired) electrons. The summed E-state index contributed by atoms with van der Waals surface area (Å²) in [5.74, 6) is 0. The fourth-order valence-electron chi connectivity index (χ4n) is 3.00. The van der Waals surface area contributed by atoms with Crippen molar-refractivity contribution in [2.75, 3.05) is 11.9 Å². The van der Waals surface area contributed by atoms with E-state index in [0.717, 1.165) is 32.4 Å². The molecule has 0 saturated heterocycles. The van der Waals surface area contributed by atoms with Crippen LogP contribution in [0, 0.1) is 27.7 Å². The van der Waals surface area contributed by atoms with Gasteiger partial charge in [0.2, 0.25) is 0 Å². The standard InChI is InChI=1S/C20H23N5O2S/c1-12-9-13(2)11-16(10-12)23-20(27)21-7-8-25-18(26)6-5-17(24-25)19-14(3)22-15(4)28-19/h5-6,9-11H,7-8H2,1-4H3,(H2,21,23,27). The van der Waals surface area contributed by atoms with Crippen LogP contribution in [0.3, 0.4) is 0 Å². The Labute approximate surface area is 167 Å². The molecule has 0 unspecified atom stereocenters. The number of carbonyl (C=O) groups is 1. The van der Waals surface area contributed by atoms with Crippen molar-refractivity contribution in [2.45, 2.75) is 34.2 Å². The molecule has 0 spiro atoms. The van der Waals surface area contributed by atoms with Crippen molar-refractivity contribution in [3.05, 3.63) is 62.5 Å². The van der Waals surface area contributed by atoms with Gasteiger partial charge in [-0.3, -0.25) is 4.79 Å². The summed E-state index contributed by atoms with van der Waals surface area (Å²) in [6, 6.07) is 8.73. The fourth-order valence-corrected chi connectivity index (χ4v) is 3.88. The third-order valence-corrected chi connectivity index (χ3v) is 5.19. The van der Waals surface area contributed by atoms with Crippen molar-refractivity contribution in [1.82, 2.24) is 20.1 Å². The Bertz CT molecular complexity index is 1050. The van der Waals surface area contributed by atoms with E-state index in [4.69, 9.17) is 0 Å². The van der Waals surface area contributed by atoms with E-state index in [9.17, 15) is 9.59 Å². The summed E-state index contributed by atoms with van der Waals surface area (Å²) >= 11 is 1.55. The number of nitrogens with one attached hydrogen (secondary N) is 2. The lowest BCUT2D eigenvalue weighted by Crippen LogP contribution is -2.34. The summed E-state index contributed by atoms with van der Waals surface area (Å²) in [6.45, 7) is 8.39. The first-order chi connectivity index (χ1) is 13.3. The number of nitrogens with zero attached hydrogens (tertiary/aromatic N) is 3. The average molecular weight is 398 g/mol. The summed E-state index contributed by atoms with van der Waals surface area (Å²) < 4.78 is 1.36. The van der Waals surface area contributed by atoms with E-state index >= 15 is 0 Å². The van der Waals surface area contributed by atoms with E-state index in [1.54, 1.807) is 17.4 Å². The molecule has 2 N–H and O–H groups in total. The molecule has 2 heterocycles. The molecular formula is C20H23N5O2S. The predicted molar refractivity (Wildman–Crippen MR) is 112 cm³/mol. The molecule has 0 aliphatic heterocycles. The largest absolute Gasteiger partial charge is 0.336 e. The van der Waals surface area contributed by atoms with Crippen LogP contribution in [0.1, 0.15) is 21.8 Å². The maximum absolute atomic E-state index is 12.1. The van der Waals surface area contributed by atoms with Crippen molar-refractivity contribution in [3.8, 4) is 10.6 Å². The highest BCUT2D eigenvalue weighted by Crippen LogP contribution is 2.27. The number of thiazole rings is 1. The Hall–Kier alpha value is -3.00. The van der Waals surface area contributed by atoms with Gasteiger partial charge in [-0.15, -0.1) is 11.3 Å². The third-order valence-electron chi connectivity index (χ3n) is 4.09. The molecule has 146 valence electrons. The zero-order chi connectivity index (χ0) is 20.3. The molecule has 0 fully saturated rings. The minimum atomic E-state index is -0.317. The molecule has 0 bridgehead atoms. The van der Waals surface area contributed by atoms with Crippen molar-refractivity contribution < 1.29 is 4.79 Å². The van der Waals surface area contributed by atoms with E-state index in [1.807, 2.05) is 45.9 Å². The maximum Gasteiger partial charge on any atom is 0.319 e. The van der Waals surface area contributed by atoms with Crippen LogP contribution in [0.5, 0.6) is 0 Å². The Morgan fingerprint density at radius 3 is 2.46 bits per heavy atom. The van der Waals surface area contributed by atoms with Crippen molar-refractivity contribution >= 4 is 23.1 Å². The number of amides is 2. The van der Waals surface area contributed by atoms with Gasteiger partial charge in [0.05, 0.1) is 22.1 Å². The number of hydrogen-bond acceptors (Lipinski definition) is 5. The quantitative estimate of drug-likeness (QED) is 0.690. The summed E-state index contributed by atoms with van der Waals surface area (Å²) in [4.78, 5) is 29.6. The Morgan fingerprint density at radius 1 is 1.11 bits per heavy atom. The van der Waals surface area contributed by atoms with E-state index in [2.05, 4.69) is 20.7 Å². The van der Waals surface area contributed by atoms with Crippen LogP contribution in [-0.2, 0) is 6.54 Å². The summed E-state index contributed by atoms with van der Waals surface area (Å²) in [7, 11) is 0. The molecule has 8 heteroatoms. The molecule has 28 heavy (non-hydrogen) atoms. The van der Waals surface area contributed by atoms with Crippen LogP contribution in [-0.4, -0.2) is 27.3 Å². The molecule has 3 aromatic rings. The van der Waals surface area contributed by atoms with E-state index in [-0.39, 0.29) is 24.7 Å². The van der Waals surface area contributed by atoms with Crippen LogP contribution in [0.4, 0.5) is 10.5 Å². The van der Waals surface area contributed by atoms with Gasteiger partial charge in [-0.25, -0.2) is 14.5 Å². The van der Waals surface area contributed by atoms with Crippen LogP contribution in [0.2, 0.25) is 0 Å². The minimum absolute atomic E-state index is 0.209. The number of urea groups is 1. The third kappa shape index (κ3) is 4.83. The number of hydrogen-bond donors (Lipinski definition) is 2. The molecule has 0 saturated carbocycles. The lowest BCUT2D eigenvalue weighted by Gasteiger charge is -2.10. The first kappa shape index (κ1) is 19.8. The van der Waals surface area contributed by atoms with Crippen molar-refractivity contribution in [3.63, 3.8) is 0 Å². The molecule has 3 rings (SSSR count). The number of carbonyl (C=O) groups excluding carboxylic acids is 1. The predicted octanol–water partition coefficient (Wildman–Crippen LogP) is 3.42. The molecule has 7 nitrogen and oxygen atoms in total. The molecule has 2 aromatic heterocycles. The highest BCUT2D eigenvalue weighted by Gasteiger charge is 2.11. The molecule has 1 aromatic carbocycles. The average Bonchev–Trinajstić information content (AvgIpc) is 2.94. The zero-order valence-corrected chi connectivity index (χ0v) is 17.2. The topological polar surface area (TPSA) is 88.9 Å². The monoisotopic (exact) mass is 397 g/mol. The van der Waals surface area contributed by atoms with Gasteiger partial charge in [0.15, 0.2) is 0 Å². The summed E-state index contributed by atoms with van der Waals surface area (Å²) in [5, 5.41) is 10.9. The Morgan fingerprint density at radius 2 is 1.82 bits per heavy atom. The van der Waals surface area contributed by atoms with Gasteiger partial charge < -0.3 is 10.6 Å². The van der Waals surface area contributed by atoms with Crippen LogP contribution in [0.25, 0.3) is 10.6 Å². The Balaban J connectivity index is 1.63. The number of anilines is 1. The van der Waals surface area contributed by atoms with Crippen molar-refractivity contribution in [1.29, 1.82) is 0 Å². The first-order valence-corrected chi connectivity index (χ1v) is 9.79. The zero-order valence-electron chi connectivity index (χ0n) is 16.4. The van der Waals surface area contributed by atoms with Crippen LogP contribution < -0.4 is 16.2 Å². The molecule has 2 amide bonds. The SMILES string of the molecule is Cc1cc(C)cc(NC(=O)NCCn2nc(-c3sc(C)nc3C)ccc2=O)c1. The maximum atomic E-state index is 12.1. The Kier molecular flexibility index (Phi) is 5.89. The number of rotatable bonds is 5. The van der Waals surface area contributed by atoms with Gasteiger partial charge in [-0.2, -0.15) is 5.10 Å².